The van der Waals surface area contributed by atoms with Crippen molar-refractivity contribution in [3.8, 4) is 0 Å². The fourth-order valence-corrected chi connectivity index (χ4v) is 6.06. The van der Waals surface area contributed by atoms with Gasteiger partial charge in [0.1, 0.15) is 11.6 Å². The van der Waals surface area contributed by atoms with Crippen LogP contribution in [0.5, 0.6) is 0 Å². The second kappa shape index (κ2) is 11.4. The average molecular weight is 553 g/mol. The van der Waals surface area contributed by atoms with Crippen LogP contribution in [0.3, 0.4) is 0 Å². The zero-order chi connectivity index (χ0) is 25.2. The van der Waals surface area contributed by atoms with Crippen LogP contribution in [0, 0.1) is 5.82 Å². The molecular weight excluding hydrogens is 520 g/mol. The van der Waals surface area contributed by atoms with Crippen LogP contribution in [-0.4, -0.2) is 77.3 Å². The number of benzene rings is 1. The van der Waals surface area contributed by atoms with E-state index in [1.54, 1.807) is 24.4 Å². The summed E-state index contributed by atoms with van der Waals surface area (Å²) in [5.41, 5.74) is 1.20. The maximum Gasteiger partial charge on any atom is 0.253 e. The molecule has 2 aromatic rings. The third-order valence-corrected chi connectivity index (χ3v) is 8.40. The van der Waals surface area contributed by atoms with Gasteiger partial charge in [-0.1, -0.05) is 29.3 Å². The minimum Gasteiger partial charge on any atom is -0.353 e. The minimum absolute atomic E-state index is 0.110. The molecule has 194 valence electrons. The Morgan fingerprint density at radius 3 is 2.56 bits per heavy atom. The molecule has 0 radical (unpaired) electrons. The molecule has 5 rings (SSSR count). The van der Waals surface area contributed by atoms with Crippen LogP contribution in [0.4, 0.5) is 10.2 Å². The van der Waals surface area contributed by atoms with Crippen LogP contribution in [0.2, 0.25) is 10.0 Å². The van der Waals surface area contributed by atoms with Gasteiger partial charge < -0.3 is 10.2 Å². The average Bonchev–Trinajstić information content (AvgIpc) is 3.70. The number of pyridine rings is 1. The van der Waals surface area contributed by atoms with E-state index in [9.17, 15) is 9.18 Å². The predicted octanol–water partition coefficient (Wildman–Crippen LogP) is 4.50. The van der Waals surface area contributed by atoms with Crippen molar-refractivity contribution >= 4 is 47.6 Å². The van der Waals surface area contributed by atoms with Crippen molar-refractivity contribution < 1.29 is 9.18 Å². The number of piperazine rings is 1. The summed E-state index contributed by atoms with van der Waals surface area (Å²) in [4.78, 5) is 24.0. The van der Waals surface area contributed by atoms with Gasteiger partial charge in [-0.15, -0.1) is 0 Å². The minimum atomic E-state index is -0.236. The Labute approximate surface area is 227 Å². The number of aromatic nitrogens is 1. The molecule has 1 amide bonds. The fraction of sp³-hybridized carbons (Fsp3) is 0.538. The molecule has 6 nitrogen and oxygen atoms in total. The number of nitrogens with zero attached hydrogens (tertiary/aromatic N) is 4. The first-order valence-corrected chi connectivity index (χ1v) is 14.0. The Morgan fingerprint density at radius 1 is 1.11 bits per heavy atom. The van der Waals surface area contributed by atoms with Gasteiger partial charge in [0.25, 0.3) is 5.91 Å². The molecule has 1 atom stereocenters. The standard InChI is InChI=1S/C26H32Cl2FN5OS/c27-19-2-1-17(24(29)12-19)14-32-7-5-21(6-8-32)34-10-9-33(15-22(34)16-36)25-23(28)11-18(13-30-25)26(35)31-20-3-4-20/h1-2,11-13,20-22,36H,3-10,14-16H2,(H,31,35)/t22-/m1/s1. The second-order valence-corrected chi connectivity index (χ2v) is 11.2. The highest BCUT2D eigenvalue weighted by Gasteiger charge is 2.34. The van der Waals surface area contributed by atoms with Crippen molar-refractivity contribution in [3.63, 3.8) is 0 Å². The van der Waals surface area contributed by atoms with E-state index in [4.69, 9.17) is 23.2 Å². The van der Waals surface area contributed by atoms with Gasteiger partial charge in [0.05, 0.1) is 10.6 Å². The summed E-state index contributed by atoms with van der Waals surface area (Å²) in [6.07, 6.45) is 5.80. The van der Waals surface area contributed by atoms with Crippen molar-refractivity contribution in [2.45, 2.75) is 50.4 Å². The molecule has 3 heterocycles. The molecule has 0 spiro atoms. The lowest BCUT2D eigenvalue weighted by atomic mass is 9.99. The summed E-state index contributed by atoms with van der Waals surface area (Å²) in [5, 5.41) is 3.92. The lowest BCUT2D eigenvalue weighted by Crippen LogP contribution is -2.59. The summed E-state index contributed by atoms with van der Waals surface area (Å²) in [6, 6.07) is 7.70. The first-order chi connectivity index (χ1) is 17.4. The quantitative estimate of drug-likeness (QED) is 0.496. The summed E-state index contributed by atoms with van der Waals surface area (Å²) >= 11 is 17.1. The Kier molecular flexibility index (Phi) is 8.27. The van der Waals surface area contributed by atoms with Crippen LogP contribution in [0.15, 0.2) is 30.5 Å². The summed E-state index contributed by atoms with van der Waals surface area (Å²) in [5.74, 6) is 1.12. The van der Waals surface area contributed by atoms with Crippen LogP contribution < -0.4 is 10.2 Å². The third kappa shape index (κ3) is 6.10. The third-order valence-electron chi connectivity index (χ3n) is 7.47. The molecule has 3 fully saturated rings. The van der Waals surface area contributed by atoms with Gasteiger partial charge in [-0.2, -0.15) is 12.6 Å². The number of rotatable bonds is 7. The monoisotopic (exact) mass is 551 g/mol. The lowest BCUT2D eigenvalue weighted by molar-refractivity contribution is 0.0704. The first-order valence-electron chi connectivity index (χ1n) is 12.7. The first kappa shape index (κ1) is 26.0. The number of thiol groups is 1. The van der Waals surface area contributed by atoms with Crippen LogP contribution in [0.1, 0.15) is 41.6 Å². The summed E-state index contributed by atoms with van der Waals surface area (Å²) < 4.78 is 14.2. The number of hydrogen-bond donors (Lipinski definition) is 2. The van der Waals surface area contributed by atoms with Crippen molar-refractivity contribution in [3.05, 3.63) is 57.5 Å². The van der Waals surface area contributed by atoms with Crippen LogP contribution in [0.25, 0.3) is 0 Å². The molecule has 1 aromatic carbocycles. The normalized spacial score (nSPS) is 22.1. The SMILES string of the molecule is O=C(NC1CC1)c1cnc(N2CCN(C3CCN(Cc4ccc(Cl)cc4F)CC3)[C@@H](CS)C2)c(Cl)c1. The van der Waals surface area contributed by atoms with Gasteiger partial charge in [0.2, 0.25) is 0 Å². The highest BCUT2D eigenvalue weighted by Crippen LogP contribution is 2.30. The molecule has 0 unspecified atom stereocenters. The van der Waals surface area contributed by atoms with E-state index >= 15 is 0 Å². The topological polar surface area (TPSA) is 51.7 Å². The van der Waals surface area contributed by atoms with Gasteiger partial charge in [-0.05, 0) is 57.0 Å². The van der Waals surface area contributed by atoms with Gasteiger partial charge >= 0.3 is 0 Å². The number of halogens is 3. The zero-order valence-electron chi connectivity index (χ0n) is 20.2. The van der Waals surface area contributed by atoms with E-state index in [1.807, 2.05) is 0 Å². The number of carbonyl (C=O) groups is 1. The largest absolute Gasteiger partial charge is 0.353 e. The molecule has 10 heteroatoms. The number of nitrogens with one attached hydrogen (secondary N) is 1. The van der Waals surface area contributed by atoms with E-state index < -0.39 is 0 Å². The van der Waals surface area contributed by atoms with E-state index in [1.165, 1.54) is 6.07 Å². The van der Waals surface area contributed by atoms with Crippen LogP contribution in [-0.2, 0) is 6.54 Å². The van der Waals surface area contributed by atoms with Crippen molar-refractivity contribution in [1.29, 1.82) is 0 Å². The van der Waals surface area contributed by atoms with Crippen molar-refractivity contribution in [2.24, 2.45) is 0 Å². The smallest absolute Gasteiger partial charge is 0.253 e. The summed E-state index contributed by atoms with van der Waals surface area (Å²) in [6.45, 7) is 5.00. The van der Waals surface area contributed by atoms with Gasteiger partial charge in [-0.25, -0.2) is 9.37 Å². The van der Waals surface area contributed by atoms with E-state index in [2.05, 4.69) is 37.6 Å². The number of piperidine rings is 1. The second-order valence-electron chi connectivity index (χ2n) is 10.0. The predicted molar refractivity (Wildman–Crippen MR) is 146 cm³/mol. The molecular formula is C26H32Cl2FN5OS. The van der Waals surface area contributed by atoms with E-state index in [0.717, 1.165) is 70.0 Å². The fourth-order valence-electron chi connectivity index (χ4n) is 5.29. The Balaban J connectivity index is 1.16. The highest BCUT2D eigenvalue weighted by atomic mass is 35.5. The van der Waals surface area contributed by atoms with Crippen molar-refractivity contribution in [1.82, 2.24) is 20.1 Å². The molecule has 1 aliphatic carbocycles. The molecule has 1 aromatic heterocycles. The van der Waals surface area contributed by atoms with Crippen LogP contribution >= 0.6 is 35.8 Å². The van der Waals surface area contributed by atoms with Gasteiger partial charge in [0, 0.05) is 66.8 Å². The molecule has 2 saturated heterocycles. The Bertz CT molecular complexity index is 1100. The number of hydrogen-bond acceptors (Lipinski definition) is 6. The van der Waals surface area contributed by atoms with Gasteiger partial charge in [-0.3, -0.25) is 14.6 Å². The Morgan fingerprint density at radius 2 is 1.89 bits per heavy atom. The number of anilines is 1. The number of likely N-dealkylation sites (tertiary alicyclic amines) is 1. The number of carbonyl (C=O) groups excluding carboxylic acids is 1. The maximum atomic E-state index is 14.2. The lowest BCUT2D eigenvalue weighted by Gasteiger charge is -2.47. The zero-order valence-corrected chi connectivity index (χ0v) is 22.6. The van der Waals surface area contributed by atoms with E-state index in [-0.39, 0.29) is 17.8 Å². The molecule has 2 aliphatic heterocycles. The number of amides is 1. The molecule has 0 bridgehead atoms. The molecule has 1 N–H and O–H groups in total. The highest BCUT2D eigenvalue weighted by molar-refractivity contribution is 7.80. The summed E-state index contributed by atoms with van der Waals surface area (Å²) in [7, 11) is 0. The molecule has 1 saturated carbocycles. The molecule has 36 heavy (non-hydrogen) atoms. The molecule has 3 aliphatic rings. The van der Waals surface area contributed by atoms with Gasteiger partial charge in [0.15, 0.2) is 0 Å². The van der Waals surface area contributed by atoms with E-state index in [0.29, 0.717) is 39.8 Å². The maximum absolute atomic E-state index is 14.2. The van der Waals surface area contributed by atoms with Crippen molar-refractivity contribution in [2.75, 3.05) is 43.4 Å². The Hall–Kier alpha value is -1.58.